The van der Waals surface area contributed by atoms with Crippen LogP contribution in [-0.4, -0.2) is 59.6 Å². The molecule has 2 aromatic rings. The predicted octanol–water partition coefficient (Wildman–Crippen LogP) is 3.37. The number of aromatic nitrogens is 2. The number of carbonyl (C=O) groups excluding carboxylic acids is 1. The molecule has 7 nitrogen and oxygen atoms in total. The van der Waals surface area contributed by atoms with Crippen molar-refractivity contribution < 1.29 is 19.0 Å². The fourth-order valence-corrected chi connectivity index (χ4v) is 5.26. The van der Waals surface area contributed by atoms with Gasteiger partial charge in [-0.15, -0.1) is 0 Å². The first-order valence-electron chi connectivity index (χ1n) is 10.8. The molecule has 0 bridgehead atoms. The van der Waals surface area contributed by atoms with Crippen LogP contribution in [0.3, 0.4) is 0 Å². The van der Waals surface area contributed by atoms with E-state index in [0.717, 1.165) is 60.3 Å². The Morgan fingerprint density at radius 1 is 1.23 bits per heavy atom. The third-order valence-electron chi connectivity index (χ3n) is 6.23. The van der Waals surface area contributed by atoms with Crippen LogP contribution in [0.5, 0.6) is 11.5 Å². The molecule has 1 atom stereocenters. The number of imidazole rings is 1. The van der Waals surface area contributed by atoms with E-state index in [2.05, 4.69) is 11.5 Å². The molecule has 168 valence electrons. The van der Waals surface area contributed by atoms with Crippen LogP contribution >= 0.6 is 11.8 Å². The molecule has 0 aliphatic carbocycles. The van der Waals surface area contributed by atoms with Crippen molar-refractivity contribution in [1.82, 2.24) is 14.5 Å². The first kappa shape index (κ1) is 22.0. The van der Waals surface area contributed by atoms with Crippen molar-refractivity contribution in [3.63, 3.8) is 0 Å². The smallest absolute Gasteiger partial charge is 0.233 e. The minimum Gasteiger partial charge on any atom is -0.493 e. The van der Waals surface area contributed by atoms with Gasteiger partial charge in [0.25, 0.3) is 0 Å². The lowest BCUT2D eigenvalue weighted by Gasteiger charge is -2.29. The molecule has 0 saturated carbocycles. The Balaban J connectivity index is 1.41. The third kappa shape index (κ3) is 4.70. The van der Waals surface area contributed by atoms with Gasteiger partial charge in [-0.1, -0.05) is 11.8 Å². The van der Waals surface area contributed by atoms with E-state index in [4.69, 9.17) is 19.2 Å². The minimum absolute atomic E-state index is 0.132. The molecule has 0 spiro atoms. The zero-order valence-electron chi connectivity index (χ0n) is 18.8. The van der Waals surface area contributed by atoms with E-state index in [-0.39, 0.29) is 12.0 Å². The Morgan fingerprint density at radius 2 is 1.97 bits per heavy atom. The zero-order valence-corrected chi connectivity index (χ0v) is 19.6. The Morgan fingerprint density at radius 3 is 2.65 bits per heavy atom. The SMILES string of the molecule is COc1cc2c(cc1OC)CN(C(=O)CSc1nc(C)c(C)n1CC1CCCO1)CC2. The molecule has 8 heteroatoms. The fourth-order valence-electron chi connectivity index (χ4n) is 4.25. The van der Waals surface area contributed by atoms with E-state index in [1.807, 2.05) is 24.0 Å². The summed E-state index contributed by atoms with van der Waals surface area (Å²) >= 11 is 1.52. The van der Waals surface area contributed by atoms with Crippen molar-refractivity contribution in [2.75, 3.05) is 33.1 Å². The summed E-state index contributed by atoms with van der Waals surface area (Å²) in [6.07, 6.45) is 3.26. The standard InChI is InChI=1S/C23H31N3O4S/c1-15-16(2)26(13-19-6-5-9-30-19)23(24-15)31-14-22(27)25-8-7-17-10-20(28-3)21(29-4)11-18(17)12-25/h10-11,19H,5-9,12-14H2,1-4H3. The molecule has 2 aliphatic rings. The molecule has 1 aromatic carbocycles. The summed E-state index contributed by atoms with van der Waals surface area (Å²) in [7, 11) is 3.28. The maximum Gasteiger partial charge on any atom is 0.233 e. The van der Waals surface area contributed by atoms with Crippen molar-refractivity contribution >= 4 is 17.7 Å². The highest BCUT2D eigenvalue weighted by molar-refractivity contribution is 7.99. The molecule has 1 fully saturated rings. The Hall–Kier alpha value is -2.19. The van der Waals surface area contributed by atoms with Crippen molar-refractivity contribution in [1.29, 1.82) is 0 Å². The molecule has 1 amide bonds. The quantitative estimate of drug-likeness (QED) is 0.609. The third-order valence-corrected chi connectivity index (χ3v) is 7.19. The molecular formula is C23H31N3O4S. The lowest BCUT2D eigenvalue weighted by Crippen LogP contribution is -2.37. The van der Waals surface area contributed by atoms with Gasteiger partial charge in [0.2, 0.25) is 5.91 Å². The number of methoxy groups -OCH3 is 2. The summed E-state index contributed by atoms with van der Waals surface area (Å²) in [6.45, 7) is 7.07. The van der Waals surface area contributed by atoms with Gasteiger partial charge in [-0.2, -0.15) is 0 Å². The second kappa shape index (κ2) is 9.53. The van der Waals surface area contributed by atoms with Crippen LogP contribution in [0.2, 0.25) is 0 Å². The van der Waals surface area contributed by atoms with Gasteiger partial charge in [-0.25, -0.2) is 4.98 Å². The van der Waals surface area contributed by atoms with Crippen LogP contribution in [0, 0.1) is 13.8 Å². The molecule has 4 rings (SSSR count). The highest BCUT2D eigenvalue weighted by atomic mass is 32.2. The monoisotopic (exact) mass is 445 g/mol. The second-order valence-corrected chi connectivity index (χ2v) is 9.08. The Bertz CT molecular complexity index is 953. The summed E-state index contributed by atoms with van der Waals surface area (Å²) in [6, 6.07) is 4.01. The highest BCUT2D eigenvalue weighted by Gasteiger charge is 2.25. The molecule has 2 aliphatic heterocycles. The van der Waals surface area contributed by atoms with E-state index < -0.39 is 0 Å². The van der Waals surface area contributed by atoms with Crippen LogP contribution in [0.15, 0.2) is 17.3 Å². The average Bonchev–Trinajstić information content (AvgIpc) is 3.40. The number of amides is 1. The van der Waals surface area contributed by atoms with Crippen molar-refractivity contribution in [3.05, 3.63) is 34.6 Å². The van der Waals surface area contributed by atoms with Crippen LogP contribution in [0.25, 0.3) is 0 Å². The minimum atomic E-state index is 0.132. The molecule has 0 N–H and O–H groups in total. The summed E-state index contributed by atoms with van der Waals surface area (Å²) in [5.41, 5.74) is 4.50. The summed E-state index contributed by atoms with van der Waals surface area (Å²) in [5, 5.41) is 0.905. The summed E-state index contributed by atoms with van der Waals surface area (Å²) in [4.78, 5) is 19.6. The first-order chi connectivity index (χ1) is 15.0. The fraction of sp³-hybridized carbons (Fsp3) is 0.565. The van der Waals surface area contributed by atoms with Crippen LogP contribution in [0.1, 0.15) is 35.4 Å². The highest BCUT2D eigenvalue weighted by Crippen LogP contribution is 2.33. The van der Waals surface area contributed by atoms with Crippen molar-refractivity contribution in [3.8, 4) is 11.5 Å². The van der Waals surface area contributed by atoms with Crippen molar-refractivity contribution in [2.24, 2.45) is 0 Å². The number of hydrogen-bond acceptors (Lipinski definition) is 6. The van der Waals surface area contributed by atoms with Gasteiger partial charge in [0.1, 0.15) is 0 Å². The molecule has 1 saturated heterocycles. The Labute approximate surface area is 188 Å². The lowest BCUT2D eigenvalue weighted by atomic mass is 9.99. The van der Waals surface area contributed by atoms with Crippen LogP contribution < -0.4 is 9.47 Å². The normalized spacial score (nSPS) is 18.2. The number of rotatable bonds is 7. The van der Waals surface area contributed by atoms with E-state index in [1.54, 1.807) is 14.2 Å². The first-order valence-corrected chi connectivity index (χ1v) is 11.8. The topological polar surface area (TPSA) is 65.8 Å². The van der Waals surface area contributed by atoms with Crippen LogP contribution in [-0.2, 0) is 29.0 Å². The van der Waals surface area contributed by atoms with Gasteiger partial charge in [-0.3, -0.25) is 4.79 Å². The van der Waals surface area contributed by atoms with Gasteiger partial charge in [0.05, 0.1) is 38.3 Å². The summed E-state index contributed by atoms with van der Waals surface area (Å²) < 4.78 is 18.9. The van der Waals surface area contributed by atoms with Gasteiger partial charge in [0, 0.05) is 25.4 Å². The number of aryl methyl sites for hydroxylation is 1. The predicted molar refractivity (Wildman–Crippen MR) is 120 cm³/mol. The van der Waals surface area contributed by atoms with Gasteiger partial charge >= 0.3 is 0 Å². The summed E-state index contributed by atoms with van der Waals surface area (Å²) in [5.74, 6) is 1.95. The van der Waals surface area contributed by atoms with E-state index in [1.165, 1.54) is 17.3 Å². The number of ether oxygens (including phenoxy) is 3. The molecule has 31 heavy (non-hydrogen) atoms. The number of fused-ring (bicyclic) bond motifs is 1. The van der Waals surface area contributed by atoms with Gasteiger partial charge in [-0.05, 0) is 56.4 Å². The number of carbonyl (C=O) groups is 1. The molecule has 0 radical (unpaired) electrons. The van der Waals surface area contributed by atoms with Gasteiger partial charge in [0.15, 0.2) is 16.7 Å². The van der Waals surface area contributed by atoms with Crippen LogP contribution in [0.4, 0.5) is 0 Å². The van der Waals surface area contributed by atoms with E-state index in [9.17, 15) is 4.79 Å². The Kier molecular flexibility index (Phi) is 6.77. The molecule has 1 aromatic heterocycles. The number of hydrogen-bond donors (Lipinski definition) is 0. The van der Waals surface area contributed by atoms with E-state index >= 15 is 0 Å². The maximum atomic E-state index is 13.0. The molecule has 1 unspecified atom stereocenters. The number of benzene rings is 1. The molecule has 3 heterocycles. The largest absolute Gasteiger partial charge is 0.493 e. The number of nitrogens with zero attached hydrogens (tertiary/aromatic N) is 3. The number of thioether (sulfide) groups is 1. The van der Waals surface area contributed by atoms with E-state index in [0.29, 0.717) is 24.6 Å². The zero-order chi connectivity index (χ0) is 22.0. The van der Waals surface area contributed by atoms with Crippen molar-refractivity contribution in [2.45, 2.75) is 57.5 Å². The van der Waals surface area contributed by atoms with Gasteiger partial charge < -0.3 is 23.7 Å². The average molecular weight is 446 g/mol. The maximum absolute atomic E-state index is 13.0. The lowest BCUT2D eigenvalue weighted by molar-refractivity contribution is -0.129. The second-order valence-electron chi connectivity index (χ2n) is 8.14. The molecular weight excluding hydrogens is 414 g/mol.